The summed E-state index contributed by atoms with van der Waals surface area (Å²) in [5, 5.41) is 5.37. The first-order chi connectivity index (χ1) is 18.8. The molecule has 38 heavy (non-hydrogen) atoms. The van der Waals surface area contributed by atoms with Gasteiger partial charge in [0.25, 0.3) is 0 Å². The third-order valence-electron chi connectivity index (χ3n) is 7.43. The minimum Gasteiger partial charge on any atom is -0.493 e. The van der Waals surface area contributed by atoms with Crippen LogP contribution in [0.3, 0.4) is 0 Å². The Hall–Kier alpha value is -2.30. The molecule has 4 aromatic carbocycles. The summed E-state index contributed by atoms with van der Waals surface area (Å²) in [6.07, 6.45) is 7.88. The van der Waals surface area contributed by atoms with Gasteiger partial charge in [-0.15, -0.1) is 0 Å². The molecule has 4 heteroatoms. The molecule has 2 heterocycles. The monoisotopic (exact) mass is 546 g/mol. The van der Waals surface area contributed by atoms with Crippen LogP contribution < -0.4 is 9.47 Å². The summed E-state index contributed by atoms with van der Waals surface area (Å²) >= 11 is 0. The zero-order valence-electron chi connectivity index (χ0n) is 23.0. The van der Waals surface area contributed by atoms with Crippen molar-refractivity contribution >= 4 is 43.3 Å². The molecule has 0 atom stereocenters. The molecule has 2 fully saturated rings. The molecule has 2 aliphatic rings. The van der Waals surface area contributed by atoms with Crippen LogP contribution in [0.2, 0.25) is 0 Å². The van der Waals surface area contributed by atoms with Crippen LogP contribution >= 0.6 is 0 Å². The largest absolute Gasteiger partial charge is 0.493 e. The molecule has 0 N–H and O–H groups in total. The molecule has 6 rings (SSSR count). The normalized spacial score (nSPS) is 16.1. The minimum absolute atomic E-state index is 0.464. The van der Waals surface area contributed by atoms with E-state index < -0.39 is 0 Å². The second kappa shape index (κ2) is 13.7. The van der Waals surface area contributed by atoms with E-state index in [0.717, 1.165) is 31.1 Å². The van der Waals surface area contributed by atoms with Crippen molar-refractivity contribution in [2.45, 2.75) is 62.2 Å². The third kappa shape index (κ3) is 6.29. The highest BCUT2D eigenvalue weighted by Gasteiger charge is 2.30. The van der Waals surface area contributed by atoms with Gasteiger partial charge in [0.05, 0.1) is 13.2 Å². The summed E-state index contributed by atoms with van der Waals surface area (Å²) in [4.78, 5) is 3.10. The van der Waals surface area contributed by atoms with Gasteiger partial charge in [0.15, 0.2) is 9.79 Å². The van der Waals surface area contributed by atoms with Gasteiger partial charge in [0.1, 0.15) is 34.5 Å². The first-order valence-corrected chi connectivity index (χ1v) is 17.6. The maximum atomic E-state index is 5.98. The molecule has 4 aromatic rings. The molecule has 0 saturated carbocycles. The van der Waals surface area contributed by atoms with E-state index in [1.165, 1.54) is 76.7 Å². The molecule has 2 aliphatic heterocycles. The van der Waals surface area contributed by atoms with Crippen LogP contribution in [-0.2, 0) is 21.8 Å². The zero-order valence-corrected chi connectivity index (χ0v) is 24.7. The average molecular weight is 547 g/mol. The Morgan fingerprint density at radius 3 is 1.45 bits per heavy atom. The average Bonchev–Trinajstić information content (AvgIpc) is 3.69. The Bertz CT molecular complexity index is 1320. The number of hydrogen-bond acceptors (Lipinski definition) is 2. The van der Waals surface area contributed by atoms with E-state index in [2.05, 4.69) is 79.7 Å². The summed E-state index contributed by atoms with van der Waals surface area (Å²) in [6, 6.07) is 26.4. The lowest BCUT2D eigenvalue weighted by molar-refractivity contribution is 0.313. The van der Waals surface area contributed by atoms with Gasteiger partial charge in [0.2, 0.25) is 0 Å². The van der Waals surface area contributed by atoms with Gasteiger partial charge in [-0.05, 0) is 75.4 Å². The van der Waals surface area contributed by atoms with Crippen molar-refractivity contribution in [3.8, 4) is 11.5 Å². The smallest absolute Gasteiger partial charge is 0.162 e. The van der Waals surface area contributed by atoms with Gasteiger partial charge in [-0.1, -0.05) is 49.7 Å². The number of unbranched alkanes of at least 4 members (excludes halogenated alkanes) is 1. The first-order valence-electron chi connectivity index (χ1n) is 14.4. The van der Waals surface area contributed by atoms with Crippen molar-refractivity contribution in [3.05, 3.63) is 72.8 Å². The van der Waals surface area contributed by atoms with E-state index in [1.54, 1.807) is 9.79 Å². The summed E-state index contributed by atoms with van der Waals surface area (Å²) in [6.45, 7) is 5.80. The van der Waals surface area contributed by atoms with Gasteiger partial charge < -0.3 is 9.47 Å². The lowest BCUT2D eigenvalue weighted by atomic mass is 10.1. The molecule has 0 unspecified atom stereocenters. The van der Waals surface area contributed by atoms with Gasteiger partial charge in [-0.25, -0.2) is 0 Å². The first kappa shape index (κ1) is 27.3. The Morgan fingerprint density at radius 2 is 1.00 bits per heavy atom. The van der Waals surface area contributed by atoms with Crippen molar-refractivity contribution in [2.24, 2.45) is 0 Å². The van der Waals surface area contributed by atoms with Gasteiger partial charge in [-0.3, -0.25) is 0 Å². The van der Waals surface area contributed by atoms with Crippen LogP contribution in [0.15, 0.2) is 82.6 Å². The zero-order chi connectivity index (χ0) is 26.2. The summed E-state index contributed by atoms with van der Waals surface area (Å²) in [7, 11) is 0.931. The quantitative estimate of drug-likeness (QED) is 0.162. The summed E-state index contributed by atoms with van der Waals surface area (Å²) in [5.41, 5.74) is 0. The van der Waals surface area contributed by atoms with Gasteiger partial charge >= 0.3 is 0 Å². The Balaban J connectivity index is 0.000000156. The van der Waals surface area contributed by atoms with Gasteiger partial charge in [-0.2, -0.15) is 0 Å². The molecule has 0 amide bonds. The molecule has 2 saturated heterocycles. The molecule has 200 valence electrons. The number of ether oxygens (including phenoxy) is 2. The lowest BCUT2D eigenvalue weighted by Gasteiger charge is -2.11. The van der Waals surface area contributed by atoms with Crippen LogP contribution in [0.1, 0.15) is 52.4 Å². The molecule has 0 spiro atoms. The van der Waals surface area contributed by atoms with E-state index in [4.69, 9.17) is 9.47 Å². The van der Waals surface area contributed by atoms with Crippen molar-refractivity contribution in [1.82, 2.24) is 0 Å². The van der Waals surface area contributed by atoms with Gasteiger partial charge in [0, 0.05) is 43.3 Å². The predicted octanol–water partition coefficient (Wildman–Crippen LogP) is 8.80. The van der Waals surface area contributed by atoms with Crippen LogP contribution in [0.25, 0.3) is 21.5 Å². The van der Waals surface area contributed by atoms with Crippen LogP contribution in [-0.4, -0.2) is 36.2 Å². The highest BCUT2D eigenvalue weighted by Crippen LogP contribution is 2.36. The summed E-state index contributed by atoms with van der Waals surface area (Å²) in [5.74, 6) is 7.58. The molecule has 2 nitrogen and oxygen atoms in total. The third-order valence-corrected chi connectivity index (χ3v) is 12.5. The SMILES string of the molecule is CCCCOc1ccc([S+]2CCCC2)c2ccccc12.CCOc1ccc([S+]2CCCC2)c2ccccc12. The van der Waals surface area contributed by atoms with E-state index in [-0.39, 0.29) is 0 Å². The maximum absolute atomic E-state index is 5.98. The fourth-order valence-corrected chi connectivity index (χ4v) is 10.5. The molecule has 0 aromatic heterocycles. The van der Waals surface area contributed by atoms with Crippen molar-refractivity contribution < 1.29 is 9.47 Å². The summed E-state index contributed by atoms with van der Waals surface area (Å²) < 4.78 is 11.7. The number of fused-ring (bicyclic) bond motifs is 2. The van der Waals surface area contributed by atoms with Crippen molar-refractivity contribution in [2.75, 3.05) is 36.2 Å². The number of benzene rings is 4. The topological polar surface area (TPSA) is 18.5 Å². The minimum atomic E-state index is 0.464. The molecular weight excluding hydrogens is 505 g/mol. The Labute approximate surface area is 234 Å². The van der Waals surface area contributed by atoms with Crippen LogP contribution in [0, 0.1) is 0 Å². The number of rotatable bonds is 8. The second-order valence-corrected chi connectivity index (χ2v) is 14.6. The van der Waals surface area contributed by atoms with Crippen molar-refractivity contribution in [3.63, 3.8) is 0 Å². The highest BCUT2D eigenvalue weighted by molar-refractivity contribution is 7.97. The molecule has 0 aliphatic carbocycles. The van der Waals surface area contributed by atoms with Crippen molar-refractivity contribution in [1.29, 1.82) is 0 Å². The lowest BCUT2D eigenvalue weighted by Crippen LogP contribution is -2.05. The standard InChI is InChI=1S/C18H23OS.C16H19OS/c1-2-3-12-19-17-10-11-18(20-13-6-7-14-20)16-9-5-4-8-15(16)17;1-2-17-15-9-10-16(18-11-5-6-12-18)14-8-4-3-7-13(14)15/h4-5,8-11H,2-3,6-7,12-14H2,1H3;3-4,7-10H,2,5-6,11-12H2,1H3/q2*+1. The van der Waals surface area contributed by atoms with E-state index in [9.17, 15) is 0 Å². The Kier molecular flexibility index (Phi) is 9.81. The molecular formula is C34H42O2S2+2. The maximum Gasteiger partial charge on any atom is 0.162 e. The fourth-order valence-electron chi connectivity index (χ4n) is 5.47. The van der Waals surface area contributed by atoms with E-state index in [1.807, 2.05) is 6.92 Å². The van der Waals surface area contributed by atoms with Crippen LogP contribution in [0.4, 0.5) is 0 Å². The second-order valence-electron chi connectivity index (χ2n) is 10.1. The van der Waals surface area contributed by atoms with E-state index in [0.29, 0.717) is 21.8 Å². The van der Waals surface area contributed by atoms with Crippen LogP contribution in [0.5, 0.6) is 11.5 Å². The Morgan fingerprint density at radius 1 is 0.553 bits per heavy atom. The number of hydrogen-bond donors (Lipinski definition) is 0. The molecule has 0 radical (unpaired) electrons. The highest BCUT2D eigenvalue weighted by atomic mass is 32.2. The molecule has 0 bridgehead atoms. The van der Waals surface area contributed by atoms with E-state index >= 15 is 0 Å². The fraction of sp³-hybridized carbons (Fsp3) is 0.412. The predicted molar refractivity (Wildman–Crippen MR) is 169 cm³/mol.